The van der Waals surface area contributed by atoms with Gasteiger partial charge in [-0.2, -0.15) is 0 Å². The Bertz CT molecular complexity index is 1210. The molecule has 0 fully saturated rings. The topological polar surface area (TPSA) is 94.0 Å². The minimum absolute atomic E-state index is 0.118. The van der Waals surface area contributed by atoms with Crippen molar-refractivity contribution in [1.82, 2.24) is 13.9 Å². The third kappa shape index (κ3) is 3.60. The third-order valence-corrected chi connectivity index (χ3v) is 5.64. The van der Waals surface area contributed by atoms with Crippen LogP contribution in [0.5, 0.6) is 0 Å². The maximum absolute atomic E-state index is 12.7. The monoisotopic (exact) mass is 399 g/mol. The van der Waals surface area contributed by atoms with E-state index in [2.05, 4.69) is 9.36 Å². The molecular formula is C18H13N3O4S2. The molecule has 0 aliphatic carbocycles. The number of carbonyl (C=O) groups excluding carboxylic acids is 1. The average molecular weight is 399 g/mol. The lowest BCUT2D eigenvalue weighted by atomic mass is 10.2. The molecule has 27 heavy (non-hydrogen) atoms. The Morgan fingerprint density at radius 1 is 1.19 bits per heavy atom. The molecule has 0 aliphatic rings. The van der Waals surface area contributed by atoms with Gasteiger partial charge in [0.15, 0.2) is 0 Å². The summed E-state index contributed by atoms with van der Waals surface area (Å²) in [6.07, 6.45) is 1.63. The second-order valence-electron chi connectivity index (χ2n) is 5.72. The maximum Gasteiger partial charge on any atom is 0.348 e. The zero-order valence-electron chi connectivity index (χ0n) is 13.9. The van der Waals surface area contributed by atoms with Crippen molar-refractivity contribution in [2.75, 3.05) is 0 Å². The first-order valence-electron chi connectivity index (χ1n) is 7.99. The van der Waals surface area contributed by atoms with Crippen LogP contribution in [0, 0.1) is 0 Å². The fourth-order valence-electron chi connectivity index (χ4n) is 2.58. The van der Waals surface area contributed by atoms with Crippen molar-refractivity contribution in [3.63, 3.8) is 0 Å². The number of rotatable bonds is 5. The van der Waals surface area contributed by atoms with E-state index in [9.17, 15) is 14.4 Å². The van der Waals surface area contributed by atoms with E-state index in [0.717, 1.165) is 26.3 Å². The normalized spacial score (nSPS) is 11.0. The van der Waals surface area contributed by atoms with Gasteiger partial charge in [-0.1, -0.05) is 30.3 Å². The lowest BCUT2D eigenvalue weighted by Gasteiger charge is -2.04. The molecule has 0 amide bonds. The van der Waals surface area contributed by atoms with Crippen LogP contribution in [0.3, 0.4) is 0 Å². The quantitative estimate of drug-likeness (QED) is 0.521. The highest BCUT2D eigenvalue weighted by Crippen LogP contribution is 2.22. The molecule has 0 bridgehead atoms. The van der Waals surface area contributed by atoms with Gasteiger partial charge in [0.1, 0.15) is 16.3 Å². The first-order chi connectivity index (χ1) is 13.1. The predicted octanol–water partition coefficient (Wildman–Crippen LogP) is 2.61. The zero-order chi connectivity index (χ0) is 18.8. The number of hydrogen-bond acceptors (Lipinski definition) is 7. The van der Waals surface area contributed by atoms with Crippen molar-refractivity contribution in [2.24, 2.45) is 0 Å². The van der Waals surface area contributed by atoms with E-state index in [-0.39, 0.29) is 18.0 Å². The van der Waals surface area contributed by atoms with Crippen molar-refractivity contribution >= 4 is 39.1 Å². The standard InChI is InChI=1S/C18H13N3O4S2/c22-16-13-8-14(17(23)25-10-12-6-7-19-27-12)26-15(13)20-18(24)21(16)9-11-4-2-1-3-5-11/h1-8H,9-10H2,(H,20,24). The number of nitrogens with zero attached hydrogens (tertiary/aromatic N) is 2. The molecule has 4 rings (SSSR count). The summed E-state index contributed by atoms with van der Waals surface area (Å²) in [6, 6.07) is 12.5. The first-order valence-corrected chi connectivity index (χ1v) is 9.58. The number of benzene rings is 1. The highest BCUT2D eigenvalue weighted by atomic mass is 32.1. The fraction of sp³-hybridized carbons (Fsp3) is 0.111. The number of ether oxygens (including phenoxy) is 1. The first kappa shape index (κ1) is 17.4. The number of aromatic nitrogens is 3. The average Bonchev–Trinajstić information content (AvgIpc) is 3.34. The summed E-state index contributed by atoms with van der Waals surface area (Å²) in [5.41, 5.74) is -0.109. The number of aromatic amines is 1. The van der Waals surface area contributed by atoms with Crippen molar-refractivity contribution in [3.05, 3.63) is 84.8 Å². The molecule has 0 aliphatic heterocycles. The fourth-order valence-corrected chi connectivity index (χ4v) is 4.00. The summed E-state index contributed by atoms with van der Waals surface area (Å²) in [6.45, 7) is 0.276. The van der Waals surface area contributed by atoms with Crippen LogP contribution in [0.15, 0.2) is 58.3 Å². The zero-order valence-corrected chi connectivity index (χ0v) is 15.5. The van der Waals surface area contributed by atoms with Gasteiger partial charge in [0, 0.05) is 6.20 Å². The van der Waals surface area contributed by atoms with Crippen molar-refractivity contribution in [3.8, 4) is 0 Å². The number of carbonyl (C=O) groups is 1. The molecule has 0 atom stereocenters. The van der Waals surface area contributed by atoms with E-state index in [4.69, 9.17) is 4.74 Å². The summed E-state index contributed by atoms with van der Waals surface area (Å²) in [4.78, 5) is 41.4. The Morgan fingerprint density at radius 3 is 2.74 bits per heavy atom. The Kier molecular flexibility index (Phi) is 4.69. The van der Waals surface area contributed by atoms with Crippen LogP contribution in [0.4, 0.5) is 0 Å². The molecule has 136 valence electrons. The Hall–Kier alpha value is -3.04. The molecule has 0 radical (unpaired) electrons. The van der Waals surface area contributed by atoms with E-state index < -0.39 is 17.2 Å². The number of esters is 1. The smallest absolute Gasteiger partial charge is 0.348 e. The largest absolute Gasteiger partial charge is 0.456 e. The van der Waals surface area contributed by atoms with Crippen molar-refractivity contribution < 1.29 is 9.53 Å². The highest BCUT2D eigenvalue weighted by molar-refractivity contribution is 7.20. The minimum atomic E-state index is -0.542. The molecule has 0 spiro atoms. The van der Waals surface area contributed by atoms with Crippen molar-refractivity contribution in [1.29, 1.82) is 0 Å². The van der Waals surface area contributed by atoms with Crippen LogP contribution < -0.4 is 11.2 Å². The number of hydrogen-bond donors (Lipinski definition) is 1. The summed E-state index contributed by atoms with van der Waals surface area (Å²) >= 11 is 2.28. The predicted molar refractivity (Wildman–Crippen MR) is 103 cm³/mol. The summed E-state index contributed by atoms with van der Waals surface area (Å²) < 4.78 is 10.3. The lowest BCUT2D eigenvalue weighted by molar-refractivity contribution is 0.0482. The van der Waals surface area contributed by atoms with E-state index in [0.29, 0.717) is 10.2 Å². The van der Waals surface area contributed by atoms with Crippen molar-refractivity contribution in [2.45, 2.75) is 13.2 Å². The molecule has 0 saturated carbocycles. The van der Waals surface area contributed by atoms with Gasteiger partial charge in [0.05, 0.1) is 16.8 Å². The van der Waals surface area contributed by atoms with Crippen LogP contribution in [0.25, 0.3) is 10.2 Å². The van der Waals surface area contributed by atoms with Gasteiger partial charge >= 0.3 is 11.7 Å². The molecule has 7 nitrogen and oxygen atoms in total. The van der Waals surface area contributed by atoms with Gasteiger partial charge in [-0.15, -0.1) is 11.3 Å². The van der Waals surface area contributed by atoms with Crippen LogP contribution in [-0.4, -0.2) is 19.9 Å². The molecule has 0 unspecified atom stereocenters. The van der Waals surface area contributed by atoms with Gasteiger partial charge < -0.3 is 4.74 Å². The van der Waals surface area contributed by atoms with E-state index in [1.165, 1.54) is 17.6 Å². The van der Waals surface area contributed by atoms with Gasteiger partial charge in [-0.05, 0) is 29.2 Å². The molecule has 3 aromatic heterocycles. The second-order valence-corrected chi connectivity index (χ2v) is 7.69. The van der Waals surface area contributed by atoms with Crippen LogP contribution in [0.2, 0.25) is 0 Å². The number of nitrogens with one attached hydrogen (secondary N) is 1. The van der Waals surface area contributed by atoms with Crippen LogP contribution in [-0.2, 0) is 17.9 Å². The molecule has 0 saturated heterocycles. The number of fused-ring (bicyclic) bond motifs is 1. The van der Waals surface area contributed by atoms with E-state index in [1.54, 1.807) is 12.3 Å². The van der Waals surface area contributed by atoms with Crippen LogP contribution in [0.1, 0.15) is 20.1 Å². The van der Waals surface area contributed by atoms with Gasteiger partial charge in [0.25, 0.3) is 5.56 Å². The third-order valence-electron chi connectivity index (χ3n) is 3.89. The Labute approximate surface area is 160 Å². The molecule has 1 aromatic carbocycles. The van der Waals surface area contributed by atoms with Gasteiger partial charge in [-0.3, -0.25) is 14.3 Å². The molecule has 3 heterocycles. The molecular weight excluding hydrogens is 386 g/mol. The Balaban J connectivity index is 1.64. The van der Waals surface area contributed by atoms with Crippen LogP contribution >= 0.6 is 22.9 Å². The van der Waals surface area contributed by atoms with Gasteiger partial charge in [0.2, 0.25) is 0 Å². The molecule has 1 N–H and O–H groups in total. The second kappa shape index (κ2) is 7.29. The number of H-pyrrole nitrogens is 1. The van der Waals surface area contributed by atoms with E-state index in [1.807, 2.05) is 30.3 Å². The minimum Gasteiger partial charge on any atom is -0.456 e. The SMILES string of the molecule is O=C(OCc1ccns1)c1cc2c(=O)n(Cc3ccccc3)c(=O)[nH]c2s1. The summed E-state index contributed by atoms with van der Waals surface area (Å²) in [5.74, 6) is -0.542. The Morgan fingerprint density at radius 2 is 2.00 bits per heavy atom. The molecule has 4 aromatic rings. The highest BCUT2D eigenvalue weighted by Gasteiger charge is 2.17. The summed E-state index contributed by atoms with van der Waals surface area (Å²) in [7, 11) is 0. The summed E-state index contributed by atoms with van der Waals surface area (Å²) in [5, 5.41) is 0.292. The molecule has 9 heteroatoms. The van der Waals surface area contributed by atoms with E-state index >= 15 is 0 Å². The maximum atomic E-state index is 12.7. The number of thiophene rings is 1. The van der Waals surface area contributed by atoms with Gasteiger partial charge in [-0.25, -0.2) is 14.0 Å². The lowest BCUT2D eigenvalue weighted by Crippen LogP contribution is -2.34.